The van der Waals surface area contributed by atoms with E-state index in [0.717, 1.165) is 48.1 Å². The fourth-order valence-corrected chi connectivity index (χ4v) is 3.44. The van der Waals surface area contributed by atoms with Gasteiger partial charge in [-0.1, -0.05) is 31.5 Å². The van der Waals surface area contributed by atoms with Crippen LogP contribution < -0.4 is 4.57 Å². The van der Waals surface area contributed by atoms with Crippen LogP contribution in [-0.2, 0) is 7.05 Å². The summed E-state index contributed by atoms with van der Waals surface area (Å²) in [7, 11) is 1.90. The highest BCUT2D eigenvalue weighted by atomic mass is 14.9. The molecule has 1 fully saturated rings. The summed E-state index contributed by atoms with van der Waals surface area (Å²) in [5.74, 6) is -0.734. The fourth-order valence-electron chi connectivity index (χ4n) is 3.44. The summed E-state index contributed by atoms with van der Waals surface area (Å²) in [6, 6.07) is 7.60. The molecule has 1 saturated carbocycles. The molecule has 0 spiro atoms. The molecule has 1 aliphatic rings. The van der Waals surface area contributed by atoms with Crippen LogP contribution >= 0.6 is 0 Å². The van der Waals surface area contributed by atoms with E-state index in [0.29, 0.717) is 11.6 Å². The van der Waals surface area contributed by atoms with Gasteiger partial charge < -0.3 is 0 Å². The largest absolute Gasteiger partial charge is 0.212 e. The molecule has 0 saturated heterocycles. The molecular weight excluding hydrogens is 278 g/mol. The Hall–Kier alpha value is -1.63. The van der Waals surface area contributed by atoms with Crippen molar-refractivity contribution < 1.29 is 11.4 Å². The lowest BCUT2D eigenvalue weighted by Gasteiger charge is -2.34. The molecule has 1 nitrogen and oxygen atoms in total. The Morgan fingerprint density at radius 1 is 1.26 bits per heavy atom. The number of nitrogens with zero attached hydrogens (tertiary/aromatic N) is 1. The van der Waals surface area contributed by atoms with Gasteiger partial charge in [-0.2, -0.15) is 0 Å². The predicted octanol–water partition coefficient (Wildman–Crippen LogP) is 5.48. The van der Waals surface area contributed by atoms with Gasteiger partial charge in [0.15, 0.2) is 6.20 Å². The Labute approximate surface area is 148 Å². The number of aryl methyl sites for hydroxylation is 3. The van der Waals surface area contributed by atoms with Crippen molar-refractivity contribution in [3.8, 4) is 11.3 Å². The second kappa shape index (κ2) is 6.11. The fraction of sp³-hybridized carbons (Fsp3) is 0.500. The number of hydrogen-bond donors (Lipinski definition) is 0. The highest BCUT2D eigenvalue weighted by molar-refractivity contribution is 5.62. The first-order valence-electron chi connectivity index (χ1n) is 10.9. The second-order valence-electron chi connectivity index (χ2n) is 7.63. The van der Waals surface area contributed by atoms with Gasteiger partial charge in [0.2, 0.25) is 5.69 Å². The van der Waals surface area contributed by atoms with Crippen LogP contribution in [0.5, 0.6) is 0 Å². The molecule has 1 aromatic heterocycles. The number of hydrogen-bond acceptors (Lipinski definition) is 0. The van der Waals surface area contributed by atoms with E-state index in [-0.39, 0.29) is 5.41 Å². The number of benzene rings is 1. The van der Waals surface area contributed by atoms with Gasteiger partial charge in [0.05, 0.1) is 1.37 Å². The lowest BCUT2D eigenvalue weighted by Crippen LogP contribution is -2.31. The van der Waals surface area contributed by atoms with Gasteiger partial charge >= 0.3 is 0 Å². The number of rotatable bonds is 2. The molecule has 1 aliphatic carbocycles. The van der Waals surface area contributed by atoms with Gasteiger partial charge in [-0.3, -0.25) is 0 Å². The van der Waals surface area contributed by atoms with Gasteiger partial charge in [0, 0.05) is 23.2 Å². The van der Waals surface area contributed by atoms with Gasteiger partial charge in [-0.25, -0.2) is 4.57 Å². The maximum absolute atomic E-state index is 9.07. The van der Waals surface area contributed by atoms with E-state index >= 15 is 0 Å². The minimum atomic E-state index is -2.12. The molecule has 1 aromatic carbocycles. The van der Waals surface area contributed by atoms with E-state index in [1.165, 1.54) is 0 Å². The zero-order valence-corrected chi connectivity index (χ0v) is 14.7. The summed E-state index contributed by atoms with van der Waals surface area (Å²) in [5, 5.41) is 0. The van der Waals surface area contributed by atoms with Crippen LogP contribution in [0.25, 0.3) is 11.3 Å². The lowest BCUT2D eigenvalue weighted by atomic mass is 9.71. The molecule has 2 aromatic rings. The third-order valence-corrected chi connectivity index (χ3v) is 5.17. The average molecular weight is 314 g/mol. The summed E-state index contributed by atoms with van der Waals surface area (Å²) in [6.07, 6.45) is 5.26. The molecule has 0 radical (unpaired) electrons. The summed E-state index contributed by atoms with van der Waals surface area (Å²) < 4.78 is 42.3. The standard InChI is InChI=1S/C22H30N/c1-16-6-7-20(17(2)14-16)21-15-19(10-13-23(21)5)18-8-11-22(3,4)12-9-18/h6-7,10,13-15,18H,8-9,11-12H2,1-5H3/q+1/i1D3,10D,18D. The van der Waals surface area contributed by atoms with Crippen LogP contribution in [0.1, 0.15) is 69.0 Å². The highest BCUT2D eigenvalue weighted by Crippen LogP contribution is 2.42. The van der Waals surface area contributed by atoms with E-state index in [1.807, 2.05) is 30.7 Å². The summed E-state index contributed by atoms with van der Waals surface area (Å²) >= 11 is 0. The first-order valence-corrected chi connectivity index (χ1v) is 8.45. The summed E-state index contributed by atoms with van der Waals surface area (Å²) in [4.78, 5) is 0. The van der Waals surface area contributed by atoms with Gasteiger partial charge in [-0.15, -0.1) is 0 Å². The summed E-state index contributed by atoms with van der Waals surface area (Å²) in [5.41, 5.74) is 4.11. The van der Waals surface area contributed by atoms with Crippen molar-refractivity contribution in [1.29, 1.82) is 0 Å². The van der Waals surface area contributed by atoms with Crippen LogP contribution in [0.4, 0.5) is 0 Å². The first-order chi connectivity index (χ1) is 12.8. The van der Waals surface area contributed by atoms with E-state index in [1.54, 1.807) is 18.3 Å². The van der Waals surface area contributed by atoms with Crippen molar-refractivity contribution in [1.82, 2.24) is 0 Å². The third kappa shape index (κ3) is 3.49. The Morgan fingerprint density at radius 2 is 2.00 bits per heavy atom. The maximum Gasteiger partial charge on any atom is 0.212 e. The Bertz CT molecular complexity index is 889. The minimum Gasteiger partial charge on any atom is -0.201 e. The van der Waals surface area contributed by atoms with Gasteiger partial charge in [0.25, 0.3) is 0 Å². The van der Waals surface area contributed by atoms with Crippen LogP contribution in [0.15, 0.2) is 36.5 Å². The molecule has 23 heavy (non-hydrogen) atoms. The summed E-state index contributed by atoms with van der Waals surface area (Å²) in [6.45, 7) is 4.29. The van der Waals surface area contributed by atoms with Gasteiger partial charge in [-0.05, 0) is 68.0 Å². The number of pyridine rings is 1. The minimum absolute atomic E-state index is 0.261. The molecule has 0 bridgehead atoms. The van der Waals surface area contributed by atoms with E-state index in [9.17, 15) is 0 Å². The van der Waals surface area contributed by atoms with E-state index < -0.39 is 12.7 Å². The SMILES string of the molecule is [2H]c1c[n+](C)c(-c2ccc(C([2H])([2H])[2H])cc2C)cc1C1([2H])CCC(C)(C)CC1. The van der Waals surface area contributed by atoms with Crippen LogP contribution in [0.3, 0.4) is 0 Å². The Morgan fingerprint density at radius 3 is 2.65 bits per heavy atom. The highest BCUT2D eigenvalue weighted by Gasteiger charge is 2.28. The Kier molecular flexibility index (Phi) is 2.93. The van der Waals surface area contributed by atoms with Crippen molar-refractivity contribution in [3.05, 3.63) is 53.2 Å². The third-order valence-electron chi connectivity index (χ3n) is 5.17. The lowest BCUT2D eigenvalue weighted by molar-refractivity contribution is -0.660. The molecule has 0 aliphatic heterocycles. The molecule has 1 heterocycles. The van der Waals surface area contributed by atoms with Crippen molar-refractivity contribution in [2.45, 2.75) is 59.2 Å². The smallest absolute Gasteiger partial charge is 0.201 e. The molecular formula is C22H30N+. The zero-order valence-electron chi connectivity index (χ0n) is 19.7. The first kappa shape index (κ1) is 11.0. The predicted molar refractivity (Wildman–Crippen MR) is 97.5 cm³/mol. The van der Waals surface area contributed by atoms with Crippen molar-refractivity contribution in [2.75, 3.05) is 0 Å². The monoisotopic (exact) mass is 313 g/mol. The molecule has 3 rings (SSSR count). The molecule has 0 atom stereocenters. The van der Waals surface area contributed by atoms with Gasteiger partial charge in [0.1, 0.15) is 7.05 Å². The van der Waals surface area contributed by atoms with Crippen molar-refractivity contribution >= 4 is 0 Å². The average Bonchev–Trinajstić information content (AvgIpc) is 2.57. The second-order valence-corrected chi connectivity index (χ2v) is 7.63. The zero-order chi connectivity index (χ0) is 20.9. The van der Waals surface area contributed by atoms with E-state index in [4.69, 9.17) is 6.85 Å². The Balaban J connectivity index is 2.06. The maximum atomic E-state index is 9.07. The molecule has 122 valence electrons. The van der Waals surface area contributed by atoms with E-state index in [2.05, 4.69) is 13.8 Å². The van der Waals surface area contributed by atoms with Crippen LogP contribution in [0.2, 0.25) is 0 Å². The quantitative estimate of drug-likeness (QED) is 0.646. The molecule has 1 heteroatoms. The molecule has 0 N–H and O–H groups in total. The van der Waals surface area contributed by atoms with Crippen LogP contribution in [0, 0.1) is 19.2 Å². The topological polar surface area (TPSA) is 3.88 Å². The van der Waals surface area contributed by atoms with Crippen LogP contribution in [-0.4, -0.2) is 0 Å². The number of aromatic nitrogens is 1. The van der Waals surface area contributed by atoms with Crippen molar-refractivity contribution in [2.24, 2.45) is 12.5 Å². The molecule has 0 amide bonds. The molecule has 0 unspecified atom stereocenters. The normalized spacial score (nSPS) is 23.2. The van der Waals surface area contributed by atoms with Crippen molar-refractivity contribution in [3.63, 3.8) is 0 Å².